The summed E-state index contributed by atoms with van der Waals surface area (Å²) in [6.45, 7) is 4.42. The van der Waals surface area contributed by atoms with Crippen LogP contribution in [0.15, 0.2) is 29.3 Å². The largest absolute Gasteiger partial charge is 0.342 e. The Morgan fingerprint density at radius 2 is 2.00 bits per heavy atom. The lowest BCUT2D eigenvalue weighted by molar-refractivity contribution is -0.121. The SMILES string of the molecule is CCC(CC)C(=O)N=C1S[C@@H]2CS(=O)(=O)C[C@@H]2N1Cc1ccccc1Cl. The average Bonchev–Trinajstić information content (AvgIpc) is 3.03. The quantitative estimate of drug-likeness (QED) is 0.738. The van der Waals surface area contributed by atoms with Gasteiger partial charge in [0.25, 0.3) is 5.91 Å². The van der Waals surface area contributed by atoms with E-state index in [4.69, 9.17) is 11.6 Å². The van der Waals surface area contributed by atoms with Crippen LogP contribution in [0, 0.1) is 5.92 Å². The number of rotatable bonds is 5. The molecule has 1 amide bonds. The molecule has 0 radical (unpaired) electrons. The van der Waals surface area contributed by atoms with E-state index < -0.39 is 9.84 Å². The van der Waals surface area contributed by atoms with Crippen LogP contribution in [0.5, 0.6) is 0 Å². The number of hydrogen-bond acceptors (Lipinski definition) is 4. The number of carbonyl (C=O) groups excluding carboxylic acids is 1. The molecule has 2 saturated heterocycles. The third-order valence-electron chi connectivity index (χ3n) is 5.01. The standard InChI is InChI=1S/C18H23ClN2O3S2/c1-3-12(4-2)17(22)20-18-21(9-13-7-5-6-8-14(13)19)15-10-26(23,24)11-16(15)25-18/h5-8,12,15-16H,3-4,9-11H2,1-2H3/t15-,16+/m0/s1. The van der Waals surface area contributed by atoms with Crippen LogP contribution in [-0.4, -0.2) is 47.2 Å². The zero-order valence-corrected chi connectivity index (χ0v) is 17.3. The van der Waals surface area contributed by atoms with Crippen molar-refractivity contribution >= 4 is 44.3 Å². The van der Waals surface area contributed by atoms with Gasteiger partial charge in [0.05, 0.1) is 17.5 Å². The predicted octanol–water partition coefficient (Wildman–Crippen LogP) is 3.37. The molecule has 0 aromatic heterocycles. The number of nitrogens with zero attached hydrogens (tertiary/aromatic N) is 2. The maximum absolute atomic E-state index is 12.5. The van der Waals surface area contributed by atoms with E-state index >= 15 is 0 Å². The van der Waals surface area contributed by atoms with Crippen molar-refractivity contribution in [3.05, 3.63) is 34.9 Å². The zero-order chi connectivity index (χ0) is 18.9. The normalized spacial score (nSPS) is 25.8. The smallest absolute Gasteiger partial charge is 0.251 e. The molecule has 0 aliphatic carbocycles. The number of benzene rings is 1. The third-order valence-corrected chi connectivity index (χ3v) is 8.63. The monoisotopic (exact) mass is 414 g/mol. The highest BCUT2D eigenvalue weighted by molar-refractivity contribution is 8.15. The molecule has 2 heterocycles. The number of fused-ring (bicyclic) bond motifs is 1. The first-order valence-corrected chi connectivity index (χ1v) is 11.9. The molecule has 1 aromatic rings. The highest BCUT2D eigenvalue weighted by Gasteiger charge is 2.48. The number of hydrogen-bond donors (Lipinski definition) is 0. The lowest BCUT2D eigenvalue weighted by atomic mass is 10.0. The maximum atomic E-state index is 12.5. The Balaban J connectivity index is 1.91. The van der Waals surface area contributed by atoms with Crippen molar-refractivity contribution in [3.8, 4) is 0 Å². The van der Waals surface area contributed by atoms with Gasteiger partial charge in [-0.15, -0.1) is 0 Å². The first-order valence-electron chi connectivity index (χ1n) is 8.84. The predicted molar refractivity (Wildman–Crippen MR) is 107 cm³/mol. The van der Waals surface area contributed by atoms with Crippen molar-refractivity contribution in [1.82, 2.24) is 4.90 Å². The molecule has 0 bridgehead atoms. The van der Waals surface area contributed by atoms with Crippen molar-refractivity contribution in [2.45, 2.75) is 44.5 Å². The van der Waals surface area contributed by atoms with E-state index in [1.807, 2.05) is 43.0 Å². The number of amides is 1. The molecule has 5 nitrogen and oxygen atoms in total. The van der Waals surface area contributed by atoms with E-state index in [0.29, 0.717) is 16.7 Å². The third kappa shape index (κ3) is 4.10. The first kappa shape index (κ1) is 19.7. The van der Waals surface area contributed by atoms with E-state index in [1.54, 1.807) is 0 Å². The zero-order valence-electron chi connectivity index (χ0n) is 14.9. The molecule has 2 fully saturated rings. The van der Waals surface area contributed by atoms with Gasteiger partial charge in [-0.05, 0) is 24.5 Å². The van der Waals surface area contributed by atoms with E-state index in [9.17, 15) is 13.2 Å². The molecular weight excluding hydrogens is 392 g/mol. The lowest BCUT2D eigenvalue weighted by Gasteiger charge is -2.25. The topological polar surface area (TPSA) is 66.8 Å². The van der Waals surface area contributed by atoms with Gasteiger partial charge >= 0.3 is 0 Å². The fraction of sp³-hybridized carbons (Fsp3) is 0.556. The van der Waals surface area contributed by atoms with Crippen LogP contribution in [0.25, 0.3) is 0 Å². The minimum absolute atomic E-state index is 0.0734. The Morgan fingerprint density at radius 3 is 2.65 bits per heavy atom. The van der Waals surface area contributed by atoms with Crippen LogP contribution in [0.4, 0.5) is 0 Å². The van der Waals surface area contributed by atoms with Gasteiger partial charge < -0.3 is 4.90 Å². The molecule has 142 valence electrons. The molecular formula is C18H23ClN2O3S2. The highest BCUT2D eigenvalue weighted by atomic mass is 35.5. The van der Waals surface area contributed by atoms with Gasteiger partial charge in [0.1, 0.15) is 0 Å². The van der Waals surface area contributed by atoms with Crippen LogP contribution >= 0.6 is 23.4 Å². The van der Waals surface area contributed by atoms with E-state index in [2.05, 4.69) is 4.99 Å². The van der Waals surface area contributed by atoms with Gasteiger partial charge in [-0.3, -0.25) is 4.79 Å². The van der Waals surface area contributed by atoms with Gasteiger partial charge in [0.15, 0.2) is 15.0 Å². The second-order valence-corrected chi connectivity index (χ2v) is 10.5. The van der Waals surface area contributed by atoms with Gasteiger partial charge in [-0.1, -0.05) is 55.4 Å². The number of halogens is 1. The van der Waals surface area contributed by atoms with Crippen LogP contribution < -0.4 is 0 Å². The molecule has 26 heavy (non-hydrogen) atoms. The molecule has 3 rings (SSSR count). The molecule has 1 aromatic carbocycles. The van der Waals surface area contributed by atoms with Gasteiger partial charge in [0.2, 0.25) is 0 Å². The van der Waals surface area contributed by atoms with E-state index in [-0.39, 0.29) is 34.6 Å². The second-order valence-electron chi connectivity index (χ2n) is 6.77. The van der Waals surface area contributed by atoms with Crippen LogP contribution in [0.2, 0.25) is 5.02 Å². The van der Waals surface area contributed by atoms with E-state index in [0.717, 1.165) is 18.4 Å². The summed E-state index contributed by atoms with van der Waals surface area (Å²) in [5.41, 5.74) is 0.905. The summed E-state index contributed by atoms with van der Waals surface area (Å²) >= 11 is 7.71. The van der Waals surface area contributed by atoms with Crippen LogP contribution in [-0.2, 0) is 21.2 Å². The summed E-state index contributed by atoms with van der Waals surface area (Å²) < 4.78 is 24.1. The molecule has 2 aliphatic rings. The molecule has 0 unspecified atom stereocenters. The summed E-state index contributed by atoms with van der Waals surface area (Å²) in [4.78, 5) is 18.8. The molecule has 0 spiro atoms. The first-order chi connectivity index (χ1) is 12.3. The molecule has 2 aliphatic heterocycles. The van der Waals surface area contributed by atoms with Crippen LogP contribution in [0.1, 0.15) is 32.3 Å². The van der Waals surface area contributed by atoms with Crippen molar-refractivity contribution in [2.24, 2.45) is 10.9 Å². The molecule has 0 saturated carbocycles. The molecule has 0 N–H and O–H groups in total. The minimum atomic E-state index is -3.05. The summed E-state index contributed by atoms with van der Waals surface area (Å²) in [5.74, 6) is 0.0336. The summed E-state index contributed by atoms with van der Waals surface area (Å²) in [5, 5.41) is 1.19. The number of aliphatic imine (C=N–C) groups is 1. The number of carbonyl (C=O) groups is 1. The van der Waals surface area contributed by atoms with Crippen molar-refractivity contribution in [2.75, 3.05) is 11.5 Å². The van der Waals surface area contributed by atoms with E-state index in [1.165, 1.54) is 11.8 Å². The van der Waals surface area contributed by atoms with Crippen LogP contribution in [0.3, 0.4) is 0 Å². The van der Waals surface area contributed by atoms with Crippen molar-refractivity contribution < 1.29 is 13.2 Å². The summed E-state index contributed by atoms with van der Waals surface area (Å²) in [7, 11) is -3.05. The second kappa shape index (κ2) is 7.90. The Labute approximate surface area is 164 Å². The fourth-order valence-corrected chi connectivity index (χ4v) is 7.61. The Hall–Kier alpha value is -1.05. The maximum Gasteiger partial charge on any atom is 0.251 e. The van der Waals surface area contributed by atoms with Gasteiger partial charge in [0, 0.05) is 22.7 Å². The number of sulfone groups is 1. The number of thioether (sulfide) groups is 1. The highest BCUT2D eigenvalue weighted by Crippen LogP contribution is 2.39. The lowest BCUT2D eigenvalue weighted by Crippen LogP contribution is -2.37. The fourth-order valence-electron chi connectivity index (χ4n) is 3.45. The van der Waals surface area contributed by atoms with Gasteiger partial charge in [-0.2, -0.15) is 4.99 Å². The average molecular weight is 415 g/mol. The van der Waals surface area contributed by atoms with Crippen molar-refractivity contribution in [1.29, 1.82) is 0 Å². The number of amidine groups is 1. The molecule has 8 heteroatoms. The summed E-state index contributed by atoms with van der Waals surface area (Å²) in [6, 6.07) is 7.34. The van der Waals surface area contributed by atoms with Crippen molar-refractivity contribution in [3.63, 3.8) is 0 Å². The van der Waals surface area contributed by atoms with Gasteiger partial charge in [-0.25, -0.2) is 8.42 Å². The summed E-state index contributed by atoms with van der Waals surface area (Å²) in [6.07, 6.45) is 1.51. The molecule has 2 atom stereocenters. The minimum Gasteiger partial charge on any atom is -0.342 e. The Bertz CT molecular complexity index is 821. The Kier molecular flexibility index (Phi) is 5.99. The Morgan fingerprint density at radius 1 is 1.31 bits per heavy atom.